The fraction of sp³-hybridized carbons (Fsp3) is 0.423. The van der Waals surface area contributed by atoms with Crippen molar-refractivity contribution in [3.63, 3.8) is 0 Å². The summed E-state index contributed by atoms with van der Waals surface area (Å²) in [7, 11) is 0. The number of nitrogens with zero attached hydrogens (tertiary/aromatic N) is 6. The highest BCUT2D eigenvalue weighted by Crippen LogP contribution is 2.37. The molecule has 5 rings (SSSR count). The molecular formula is C26H31N7O. The third kappa shape index (κ3) is 4.71. The second-order valence-corrected chi connectivity index (χ2v) is 9.36. The maximum atomic E-state index is 13.2. The molecule has 2 aliphatic rings. The van der Waals surface area contributed by atoms with Gasteiger partial charge in [-0.3, -0.25) is 9.79 Å². The minimum Gasteiger partial charge on any atom is -0.313 e. The van der Waals surface area contributed by atoms with Crippen LogP contribution in [0.25, 0.3) is 5.69 Å². The molecule has 2 fully saturated rings. The highest BCUT2D eigenvalue weighted by molar-refractivity contribution is 6.10. The number of hydrogen-bond donors (Lipinski definition) is 1. The summed E-state index contributed by atoms with van der Waals surface area (Å²) in [6.07, 6.45) is 15.4. The Morgan fingerprint density at radius 1 is 1.21 bits per heavy atom. The van der Waals surface area contributed by atoms with Crippen molar-refractivity contribution >= 4 is 11.7 Å². The molecule has 2 aliphatic carbocycles. The van der Waals surface area contributed by atoms with Gasteiger partial charge < -0.3 is 14.5 Å². The number of rotatable bonds is 7. The Morgan fingerprint density at radius 3 is 2.74 bits per heavy atom. The molecule has 1 atom stereocenters. The minimum absolute atomic E-state index is 0.197. The molecule has 2 saturated carbocycles. The van der Waals surface area contributed by atoms with Gasteiger partial charge in [0.2, 0.25) is 0 Å². The Kier molecular flexibility index (Phi) is 6.13. The highest BCUT2D eigenvalue weighted by atomic mass is 16.1. The second kappa shape index (κ2) is 9.37. The average molecular weight is 458 g/mol. The minimum atomic E-state index is -0.224. The molecule has 8 heteroatoms. The zero-order chi connectivity index (χ0) is 23.7. The first-order valence-electron chi connectivity index (χ1n) is 12.1. The molecule has 1 aromatic carbocycles. The predicted octanol–water partition coefficient (Wildman–Crippen LogP) is 4.84. The lowest BCUT2D eigenvalue weighted by Crippen LogP contribution is -2.30. The first-order chi connectivity index (χ1) is 16.5. The lowest BCUT2D eigenvalue weighted by Gasteiger charge is -2.22. The van der Waals surface area contributed by atoms with Gasteiger partial charge in [-0.2, -0.15) is 0 Å². The molecule has 1 N–H and O–H groups in total. The molecule has 0 bridgehead atoms. The molecule has 1 amide bonds. The van der Waals surface area contributed by atoms with Gasteiger partial charge in [-0.05, 0) is 76.3 Å². The first-order valence-corrected chi connectivity index (χ1v) is 12.1. The molecule has 176 valence electrons. The molecular weight excluding hydrogens is 426 g/mol. The fourth-order valence-electron chi connectivity index (χ4n) is 4.35. The van der Waals surface area contributed by atoms with Crippen LogP contribution in [0.2, 0.25) is 0 Å². The van der Waals surface area contributed by atoms with Gasteiger partial charge in [0.1, 0.15) is 18.2 Å². The Hall–Kier alpha value is -3.55. The number of benzene rings is 1. The van der Waals surface area contributed by atoms with E-state index in [1.807, 2.05) is 56.0 Å². The number of aryl methyl sites for hydroxylation is 1. The summed E-state index contributed by atoms with van der Waals surface area (Å²) in [6.45, 7) is 5.88. The summed E-state index contributed by atoms with van der Waals surface area (Å²) >= 11 is 0. The van der Waals surface area contributed by atoms with E-state index in [1.165, 1.54) is 19.3 Å². The van der Waals surface area contributed by atoms with Crippen LogP contribution in [0.5, 0.6) is 0 Å². The normalized spacial score (nSPS) is 17.7. The van der Waals surface area contributed by atoms with Crippen molar-refractivity contribution in [2.45, 2.75) is 70.9 Å². The SMILES string of the molecule is CC=CC(=NC(C)c1nncn1C1CC1)NC(=O)c1cc(C)cc(-n2cnc(C3CCC3)c2)c1. The fourth-order valence-corrected chi connectivity index (χ4v) is 4.35. The maximum absolute atomic E-state index is 13.2. The first kappa shape index (κ1) is 22.3. The van der Waals surface area contributed by atoms with Gasteiger partial charge in [0.25, 0.3) is 5.91 Å². The molecule has 3 aromatic rings. The predicted molar refractivity (Wildman–Crippen MR) is 131 cm³/mol. The van der Waals surface area contributed by atoms with Crippen LogP contribution in [0.4, 0.5) is 0 Å². The molecule has 0 spiro atoms. The van der Waals surface area contributed by atoms with E-state index in [9.17, 15) is 4.79 Å². The summed E-state index contributed by atoms with van der Waals surface area (Å²) in [5.74, 6) is 1.69. The Balaban J connectivity index is 1.36. The van der Waals surface area contributed by atoms with E-state index in [-0.39, 0.29) is 11.9 Å². The van der Waals surface area contributed by atoms with Crippen molar-refractivity contribution in [1.82, 2.24) is 29.6 Å². The van der Waals surface area contributed by atoms with Crippen molar-refractivity contribution in [3.8, 4) is 5.69 Å². The smallest absolute Gasteiger partial charge is 0.256 e. The van der Waals surface area contributed by atoms with Gasteiger partial charge in [-0.15, -0.1) is 10.2 Å². The number of aromatic nitrogens is 5. The van der Waals surface area contributed by atoms with Gasteiger partial charge in [0.05, 0.1) is 12.0 Å². The van der Waals surface area contributed by atoms with Gasteiger partial charge in [-0.25, -0.2) is 4.98 Å². The lowest BCUT2D eigenvalue weighted by atomic mass is 9.83. The number of carbonyl (C=O) groups is 1. The van der Waals surface area contributed by atoms with Crippen molar-refractivity contribution < 1.29 is 4.79 Å². The summed E-state index contributed by atoms with van der Waals surface area (Å²) in [6, 6.07) is 6.11. The van der Waals surface area contributed by atoms with E-state index in [0.717, 1.165) is 35.6 Å². The van der Waals surface area contributed by atoms with Crippen LogP contribution in [-0.2, 0) is 0 Å². The molecule has 0 aliphatic heterocycles. The Morgan fingerprint density at radius 2 is 2.03 bits per heavy atom. The molecule has 2 heterocycles. The molecule has 8 nitrogen and oxygen atoms in total. The Bertz CT molecular complexity index is 1240. The van der Waals surface area contributed by atoms with Crippen molar-refractivity contribution in [2.75, 3.05) is 0 Å². The van der Waals surface area contributed by atoms with E-state index < -0.39 is 0 Å². The van der Waals surface area contributed by atoms with Gasteiger partial charge in [0.15, 0.2) is 5.82 Å². The van der Waals surface area contributed by atoms with E-state index >= 15 is 0 Å². The van der Waals surface area contributed by atoms with Crippen LogP contribution < -0.4 is 5.32 Å². The number of aliphatic imine (C=N–C) groups is 1. The number of amides is 1. The van der Waals surface area contributed by atoms with Crippen LogP contribution >= 0.6 is 0 Å². The molecule has 2 aromatic heterocycles. The number of amidine groups is 1. The average Bonchev–Trinajstić information content (AvgIpc) is 3.29. The van der Waals surface area contributed by atoms with Crippen molar-refractivity contribution in [3.05, 3.63) is 71.8 Å². The van der Waals surface area contributed by atoms with Crippen molar-refractivity contribution in [2.24, 2.45) is 4.99 Å². The van der Waals surface area contributed by atoms with Gasteiger partial charge in [0, 0.05) is 29.4 Å². The third-order valence-corrected chi connectivity index (χ3v) is 6.56. The van der Waals surface area contributed by atoms with Crippen LogP contribution in [0.15, 0.2) is 54.2 Å². The Labute approximate surface area is 199 Å². The van der Waals surface area contributed by atoms with E-state index in [4.69, 9.17) is 4.99 Å². The van der Waals surface area contributed by atoms with Gasteiger partial charge >= 0.3 is 0 Å². The number of hydrogen-bond acceptors (Lipinski definition) is 5. The van der Waals surface area contributed by atoms with Crippen molar-refractivity contribution in [1.29, 1.82) is 0 Å². The second-order valence-electron chi connectivity index (χ2n) is 9.36. The number of imidazole rings is 1. The largest absolute Gasteiger partial charge is 0.313 e. The standard InChI is InChI=1S/C26H31N7O/c1-4-6-24(29-18(3)25-31-28-16-33(25)21-9-10-21)30-26(34)20-11-17(2)12-22(13-20)32-14-23(27-15-32)19-7-5-8-19/h4,6,11-16,18-19,21H,5,7-10H2,1-3H3,(H,29,30,34). The summed E-state index contributed by atoms with van der Waals surface area (Å²) in [5.41, 5.74) is 3.66. The van der Waals surface area contributed by atoms with Crippen LogP contribution in [0.3, 0.4) is 0 Å². The quantitative estimate of drug-likeness (QED) is 0.406. The van der Waals surface area contributed by atoms with Crippen LogP contribution in [0, 0.1) is 6.92 Å². The summed E-state index contributed by atoms with van der Waals surface area (Å²) in [4.78, 5) is 22.5. The molecule has 34 heavy (non-hydrogen) atoms. The molecule has 0 saturated heterocycles. The number of carbonyl (C=O) groups excluding carboxylic acids is 1. The van der Waals surface area contributed by atoms with Gasteiger partial charge in [-0.1, -0.05) is 12.5 Å². The maximum Gasteiger partial charge on any atom is 0.256 e. The van der Waals surface area contributed by atoms with E-state index in [0.29, 0.717) is 23.4 Å². The number of allylic oxidation sites excluding steroid dienone is 1. The topological polar surface area (TPSA) is 90.0 Å². The summed E-state index contributed by atoms with van der Waals surface area (Å²) < 4.78 is 4.10. The van der Waals surface area contributed by atoms with E-state index in [1.54, 1.807) is 6.33 Å². The molecule has 1 unspecified atom stereocenters. The highest BCUT2D eigenvalue weighted by Gasteiger charge is 2.28. The third-order valence-electron chi connectivity index (χ3n) is 6.56. The number of nitrogens with one attached hydrogen (secondary N) is 1. The molecule has 0 radical (unpaired) electrons. The van der Waals surface area contributed by atoms with E-state index in [2.05, 4.69) is 37.3 Å². The zero-order valence-corrected chi connectivity index (χ0v) is 20.0. The summed E-state index contributed by atoms with van der Waals surface area (Å²) in [5, 5.41) is 11.3. The van der Waals surface area contributed by atoms with Crippen LogP contribution in [-0.4, -0.2) is 36.1 Å². The lowest BCUT2D eigenvalue weighted by molar-refractivity contribution is 0.0977. The monoisotopic (exact) mass is 457 g/mol. The zero-order valence-electron chi connectivity index (χ0n) is 20.0. The van der Waals surface area contributed by atoms with Crippen LogP contribution in [0.1, 0.15) is 91.4 Å².